The van der Waals surface area contributed by atoms with E-state index in [0.29, 0.717) is 0 Å². The average molecular weight is 235 g/mol. The summed E-state index contributed by atoms with van der Waals surface area (Å²) in [5.41, 5.74) is 1.38. The smallest absolute Gasteiger partial charge is 0.0220 e. The van der Waals surface area contributed by atoms with E-state index in [9.17, 15) is 0 Å². The highest BCUT2D eigenvalue weighted by Crippen LogP contribution is 2.09. The summed E-state index contributed by atoms with van der Waals surface area (Å²) in [6.45, 7) is 8.32. The molecule has 0 amide bonds. The number of aryl methyl sites for hydroxylation is 1. The Balaban J connectivity index is 1.60. The van der Waals surface area contributed by atoms with Gasteiger partial charge in [0.2, 0.25) is 0 Å². The zero-order chi connectivity index (χ0) is 12.1. The van der Waals surface area contributed by atoms with E-state index in [1.807, 2.05) is 0 Å². The zero-order valence-electron chi connectivity index (χ0n) is 11.2. The molecule has 0 aliphatic carbocycles. The van der Waals surface area contributed by atoms with Gasteiger partial charge in [0, 0.05) is 32.5 Å². The first kappa shape index (κ1) is 12.7. The van der Waals surface area contributed by atoms with Crippen molar-refractivity contribution in [1.82, 2.24) is 14.8 Å². The topological polar surface area (TPSA) is 20.2 Å². The molecule has 1 unspecified atom stereocenters. The van der Waals surface area contributed by atoms with Gasteiger partial charge >= 0.3 is 0 Å². The Morgan fingerprint density at radius 3 is 2.76 bits per heavy atom. The molecule has 1 aromatic rings. The lowest BCUT2D eigenvalue weighted by atomic mass is 10.1. The van der Waals surface area contributed by atoms with E-state index in [0.717, 1.165) is 19.0 Å². The van der Waals surface area contributed by atoms with Crippen LogP contribution in [0.1, 0.15) is 25.3 Å². The molecule has 0 saturated carbocycles. The van der Waals surface area contributed by atoms with E-state index in [1.54, 1.807) is 0 Å². The number of nitrogens with zero attached hydrogens (tertiary/aromatic N) is 2. The lowest BCUT2D eigenvalue weighted by Gasteiger charge is -2.20. The summed E-state index contributed by atoms with van der Waals surface area (Å²) >= 11 is 0. The third-order valence-corrected chi connectivity index (χ3v) is 3.48. The lowest BCUT2D eigenvalue weighted by Crippen LogP contribution is -2.31. The first-order chi connectivity index (χ1) is 8.24. The quantitative estimate of drug-likeness (QED) is 0.812. The van der Waals surface area contributed by atoms with E-state index >= 15 is 0 Å². The maximum atomic E-state index is 3.55. The van der Waals surface area contributed by atoms with Crippen LogP contribution in [-0.4, -0.2) is 35.6 Å². The van der Waals surface area contributed by atoms with E-state index in [2.05, 4.69) is 47.2 Å². The van der Waals surface area contributed by atoms with Gasteiger partial charge in [-0.1, -0.05) is 6.92 Å². The van der Waals surface area contributed by atoms with Crippen molar-refractivity contribution in [2.24, 2.45) is 13.0 Å². The van der Waals surface area contributed by atoms with Gasteiger partial charge in [0.25, 0.3) is 0 Å². The molecule has 17 heavy (non-hydrogen) atoms. The van der Waals surface area contributed by atoms with Crippen LogP contribution in [0, 0.1) is 5.92 Å². The predicted octanol–water partition coefficient (Wildman–Crippen LogP) is 1.85. The summed E-state index contributed by atoms with van der Waals surface area (Å²) in [6.07, 6.45) is 7.07. The van der Waals surface area contributed by atoms with Crippen molar-refractivity contribution < 1.29 is 0 Å². The summed E-state index contributed by atoms with van der Waals surface area (Å²) in [6, 6.07) is 2.18. The Hall–Kier alpha value is -0.800. The zero-order valence-corrected chi connectivity index (χ0v) is 11.2. The van der Waals surface area contributed by atoms with Crippen molar-refractivity contribution in [3.63, 3.8) is 0 Å². The molecule has 0 bridgehead atoms. The van der Waals surface area contributed by atoms with Crippen LogP contribution in [0.5, 0.6) is 0 Å². The normalized spacial score (nSPS) is 18.7. The first-order valence-electron chi connectivity index (χ1n) is 6.78. The monoisotopic (exact) mass is 235 g/mol. The summed E-state index contributed by atoms with van der Waals surface area (Å²) in [5, 5.41) is 3.55. The van der Waals surface area contributed by atoms with Crippen molar-refractivity contribution in [2.75, 3.05) is 26.2 Å². The molecule has 3 nitrogen and oxygen atoms in total. The molecule has 96 valence electrons. The molecule has 1 aliphatic rings. The van der Waals surface area contributed by atoms with Gasteiger partial charge in [-0.3, -0.25) is 0 Å². The fraction of sp³-hybridized carbons (Fsp3) is 0.714. The van der Waals surface area contributed by atoms with Gasteiger partial charge in [-0.2, -0.15) is 0 Å². The molecule has 1 fully saturated rings. The first-order valence-corrected chi connectivity index (χ1v) is 6.78. The van der Waals surface area contributed by atoms with E-state index in [-0.39, 0.29) is 0 Å². The van der Waals surface area contributed by atoms with Crippen molar-refractivity contribution in [3.05, 3.63) is 24.0 Å². The third kappa shape index (κ3) is 4.17. The Labute approximate surface area is 105 Å². The maximum Gasteiger partial charge on any atom is 0.0220 e. The number of hydrogen-bond acceptors (Lipinski definition) is 2. The highest BCUT2D eigenvalue weighted by atomic mass is 15.1. The third-order valence-electron chi connectivity index (χ3n) is 3.48. The molecule has 2 rings (SSSR count). The number of hydrogen-bond donors (Lipinski definition) is 1. The lowest BCUT2D eigenvalue weighted by molar-refractivity contribution is 0.282. The SMILES string of the molecule is CC(CNCc1ccn(C)c1)CN1CCCC1. The van der Waals surface area contributed by atoms with Gasteiger partial charge in [-0.05, 0) is 50.0 Å². The van der Waals surface area contributed by atoms with Crippen molar-refractivity contribution in [1.29, 1.82) is 0 Å². The molecule has 3 heteroatoms. The van der Waals surface area contributed by atoms with Gasteiger partial charge in [0.15, 0.2) is 0 Å². The summed E-state index contributed by atoms with van der Waals surface area (Å²) < 4.78 is 2.10. The molecule has 2 heterocycles. The van der Waals surface area contributed by atoms with Crippen molar-refractivity contribution in [3.8, 4) is 0 Å². The molecule has 1 aliphatic heterocycles. The minimum atomic E-state index is 0.747. The molecule has 1 N–H and O–H groups in total. The van der Waals surface area contributed by atoms with Crippen LogP contribution in [0.4, 0.5) is 0 Å². The van der Waals surface area contributed by atoms with Gasteiger partial charge in [-0.15, -0.1) is 0 Å². The van der Waals surface area contributed by atoms with Crippen LogP contribution in [0.15, 0.2) is 18.5 Å². The summed E-state index contributed by atoms with van der Waals surface area (Å²) in [7, 11) is 2.07. The molecule has 0 spiro atoms. The number of nitrogens with one attached hydrogen (secondary N) is 1. The Morgan fingerprint density at radius 2 is 2.12 bits per heavy atom. The van der Waals surface area contributed by atoms with E-state index in [4.69, 9.17) is 0 Å². The Morgan fingerprint density at radius 1 is 1.35 bits per heavy atom. The summed E-state index contributed by atoms with van der Waals surface area (Å²) in [5.74, 6) is 0.747. The van der Waals surface area contributed by atoms with Crippen molar-refractivity contribution >= 4 is 0 Å². The fourth-order valence-electron chi connectivity index (χ4n) is 2.60. The van der Waals surface area contributed by atoms with E-state index < -0.39 is 0 Å². The van der Waals surface area contributed by atoms with Crippen LogP contribution in [0.3, 0.4) is 0 Å². The Bertz CT molecular complexity index is 326. The Kier molecular flexibility index (Phi) is 4.63. The van der Waals surface area contributed by atoms with Crippen LogP contribution >= 0.6 is 0 Å². The van der Waals surface area contributed by atoms with Crippen LogP contribution in [0.25, 0.3) is 0 Å². The summed E-state index contributed by atoms with van der Waals surface area (Å²) in [4.78, 5) is 2.59. The fourth-order valence-corrected chi connectivity index (χ4v) is 2.60. The number of rotatable bonds is 6. The van der Waals surface area contributed by atoms with Gasteiger partial charge in [0.05, 0.1) is 0 Å². The maximum absolute atomic E-state index is 3.55. The second-order valence-electron chi connectivity index (χ2n) is 5.43. The molecule has 0 radical (unpaired) electrons. The number of likely N-dealkylation sites (tertiary alicyclic amines) is 1. The van der Waals surface area contributed by atoms with Crippen LogP contribution in [-0.2, 0) is 13.6 Å². The minimum absolute atomic E-state index is 0.747. The van der Waals surface area contributed by atoms with Crippen LogP contribution < -0.4 is 5.32 Å². The average Bonchev–Trinajstić information content (AvgIpc) is 2.90. The van der Waals surface area contributed by atoms with Crippen LogP contribution in [0.2, 0.25) is 0 Å². The highest BCUT2D eigenvalue weighted by Gasteiger charge is 2.14. The molecule has 1 aromatic heterocycles. The van der Waals surface area contributed by atoms with Crippen molar-refractivity contribution in [2.45, 2.75) is 26.3 Å². The minimum Gasteiger partial charge on any atom is -0.357 e. The second-order valence-corrected chi connectivity index (χ2v) is 5.43. The van der Waals surface area contributed by atoms with Gasteiger partial charge in [0.1, 0.15) is 0 Å². The molecular formula is C14H25N3. The molecule has 0 aromatic carbocycles. The molecular weight excluding hydrogens is 210 g/mol. The van der Waals surface area contributed by atoms with Gasteiger partial charge < -0.3 is 14.8 Å². The molecule has 1 atom stereocenters. The highest BCUT2D eigenvalue weighted by molar-refractivity contribution is 5.09. The largest absolute Gasteiger partial charge is 0.357 e. The predicted molar refractivity (Wildman–Crippen MR) is 72.0 cm³/mol. The molecule has 1 saturated heterocycles. The van der Waals surface area contributed by atoms with Gasteiger partial charge in [-0.25, -0.2) is 0 Å². The standard InChI is InChI=1S/C14H25N3/c1-13(11-17-6-3-4-7-17)9-15-10-14-5-8-16(2)12-14/h5,8,12-13,15H,3-4,6-7,9-11H2,1-2H3. The van der Waals surface area contributed by atoms with E-state index in [1.165, 1.54) is 38.0 Å². The number of aromatic nitrogens is 1. The second kappa shape index (κ2) is 6.22.